The maximum Gasteiger partial charge on any atom is 0.165 e. The molecular weight excluding hydrogens is 414 g/mol. The molecule has 0 radical (unpaired) electrons. The van der Waals surface area contributed by atoms with E-state index in [1.54, 1.807) is 6.33 Å². The third-order valence-electron chi connectivity index (χ3n) is 6.31. The van der Waals surface area contributed by atoms with Crippen molar-refractivity contribution >= 4 is 5.82 Å². The smallest absolute Gasteiger partial charge is 0.165 e. The molecule has 0 aliphatic carbocycles. The molecule has 0 saturated carbocycles. The number of β-amino-alcohol motifs (C(OH)–C–C–N with tert-alkyl or cyclic N) is 1. The average Bonchev–Trinajstić information content (AvgIpc) is 3.35. The van der Waals surface area contributed by atoms with Crippen LogP contribution in [0.4, 0.5) is 5.82 Å². The molecule has 5 rings (SSSR count). The second-order valence-electron chi connectivity index (χ2n) is 8.54. The highest BCUT2D eigenvalue weighted by atomic mass is 16.3. The minimum absolute atomic E-state index is 0.236. The molecule has 3 heterocycles. The van der Waals surface area contributed by atoms with Crippen molar-refractivity contribution in [2.24, 2.45) is 0 Å². The molecule has 0 bridgehead atoms. The third kappa shape index (κ3) is 4.73. The molecule has 0 spiro atoms. The summed E-state index contributed by atoms with van der Waals surface area (Å²) in [6.45, 7) is 4.70. The van der Waals surface area contributed by atoms with Crippen molar-refractivity contribution in [1.82, 2.24) is 29.3 Å². The predicted molar refractivity (Wildman–Crippen MR) is 128 cm³/mol. The molecule has 2 aromatic carbocycles. The van der Waals surface area contributed by atoms with Crippen molar-refractivity contribution < 1.29 is 5.11 Å². The molecule has 3 aliphatic rings. The lowest BCUT2D eigenvalue weighted by molar-refractivity contribution is 0.0555. The van der Waals surface area contributed by atoms with Gasteiger partial charge in [-0.25, -0.2) is 15.0 Å². The number of anilines is 1. The van der Waals surface area contributed by atoms with Gasteiger partial charge in [0.05, 0.1) is 25.0 Å². The standard InChI is InChI=1S/C25H29N7O/c26-24-22-25(28-17-27-22)32(18-29-24)16-21(33)15-30-11-13-31(14-12-30)23(19-7-3-1-4-8-19)20-9-5-2-6-10-20/h1-10,17-18,21,23,33H,11-16,26H2/t21-/m0/s1. The first-order valence-electron chi connectivity index (χ1n) is 11.3. The summed E-state index contributed by atoms with van der Waals surface area (Å²) in [5.41, 5.74) is 9.06. The van der Waals surface area contributed by atoms with E-state index < -0.39 is 6.10 Å². The minimum atomic E-state index is -0.536. The van der Waals surface area contributed by atoms with Crippen LogP contribution in [0, 0.1) is 0 Å². The third-order valence-corrected chi connectivity index (χ3v) is 6.31. The van der Waals surface area contributed by atoms with E-state index in [0.717, 1.165) is 26.2 Å². The van der Waals surface area contributed by atoms with Crippen LogP contribution >= 0.6 is 0 Å². The Kier molecular flexibility index (Phi) is 6.30. The van der Waals surface area contributed by atoms with E-state index in [9.17, 15) is 5.11 Å². The second-order valence-corrected chi connectivity index (χ2v) is 8.54. The SMILES string of the molecule is Nc1ncn(C[C@@H](O)CN2CCN(C(c3ccccc3)c3ccccc3)CC2)c2ncnc1-2. The quantitative estimate of drug-likeness (QED) is 0.452. The number of rotatable bonds is 7. The number of benzene rings is 2. The summed E-state index contributed by atoms with van der Waals surface area (Å²) in [4.78, 5) is 17.5. The number of aliphatic hydroxyl groups excluding tert-OH is 1. The van der Waals surface area contributed by atoms with Crippen LogP contribution in [-0.4, -0.2) is 73.3 Å². The van der Waals surface area contributed by atoms with Crippen molar-refractivity contribution in [1.29, 1.82) is 0 Å². The highest BCUT2D eigenvalue weighted by Gasteiger charge is 2.27. The van der Waals surface area contributed by atoms with Crippen LogP contribution in [0.2, 0.25) is 0 Å². The van der Waals surface area contributed by atoms with Gasteiger partial charge in [-0.05, 0) is 11.1 Å². The summed E-state index contributed by atoms with van der Waals surface area (Å²) in [6, 6.07) is 21.6. The van der Waals surface area contributed by atoms with Gasteiger partial charge in [-0.2, -0.15) is 0 Å². The Labute approximate surface area is 193 Å². The number of nitrogen functional groups attached to an aromatic ring is 1. The number of imidazole rings is 1. The molecule has 0 aromatic heterocycles. The second kappa shape index (κ2) is 9.66. The van der Waals surface area contributed by atoms with Gasteiger partial charge < -0.3 is 15.4 Å². The molecule has 1 atom stereocenters. The zero-order valence-electron chi connectivity index (χ0n) is 18.5. The Morgan fingerprint density at radius 2 is 1.45 bits per heavy atom. The summed E-state index contributed by atoms with van der Waals surface area (Å²) in [5.74, 6) is 1.01. The first-order chi connectivity index (χ1) is 16.2. The van der Waals surface area contributed by atoms with Crippen LogP contribution in [0.15, 0.2) is 73.3 Å². The normalized spacial score (nSPS) is 16.4. The minimum Gasteiger partial charge on any atom is -0.390 e. The van der Waals surface area contributed by atoms with E-state index in [1.165, 1.54) is 17.5 Å². The zero-order valence-corrected chi connectivity index (χ0v) is 18.5. The molecule has 0 amide bonds. The van der Waals surface area contributed by atoms with Gasteiger partial charge in [-0.1, -0.05) is 60.7 Å². The van der Waals surface area contributed by atoms with E-state index in [4.69, 9.17) is 5.73 Å². The van der Waals surface area contributed by atoms with Crippen molar-refractivity contribution in [3.8, 4) is 11.5 Å². The van der Waals surface area contributed by atoms with Gasteiger partial charge in [0.15, 0.2) is 11.6 Å². The van der Waals surface area contributed by atoms with Crippen LogP contribution < -0.4 is 5.73 Å². The fourth-order valence-corrected chi connectivity index (χ4v) is 4.70. The van der Waals surface area contributed by atoms with Gasteiger partial charge in [0, 0.05) is 32.7 Å². The molecule has 8 nitrogen and oxygen atoms in total. The zero-order chi connectivity index (χ0) is 22.6. The van der Waals surface area contributed by atoms with Crippen LogP contribution in [0.25, 0.3) is 11.5 Å². The number of aromatic nitrogens is 4. The molecule has 33 heavy (non-hydrogen) atoms. The van der Waals surface area contributed by atoms with E-state index in [-0.39, 0.29) is 6.04 Å². The lowest BCUT2D eigenvalue weighted by atomic mass is 9.96. The van der Waals surface area contributed by atoms with Gasteiger partial charge >= 0.3 is 0 Å². The molecule has 1 saturated heterocycles. The van der Waals surface area contributed by atoms with Crippen molar-refractivity contribution in [2.75, 3.05) is 38.5 Å². The van der Waals surface area contributed by atoms with Crippen molar-refractivity contribution in [2.45, 2.75) is 18.7 Å². The lowest BCUT2D eigenvalue weighted by Crippen LogP contribution is -2.50. The van der Waals surface area contributed by atoms with Crippen LogP contribution in [0.1, 0.15) is 17.2 Å². The van der Waals surface area contributed by atoms with Crippen LogP contribution in [0.3, 0.4) is 0 Å². The number of aliphatic hydroxyl groups is 1. The number of nitrogens with two attached hydrogens (primary N) is 1. The number of fused-ring (bicyclic) bond motifs is 1. The Balaban J connectivity index is 1.22. The molecule has 3 aliphatic heterocycles. The predicted octanol–water partition coefficient (Wildman–Crippen LogP) is 2.13. The molecule has 170 valence electrons. The van der Waals surface area contributed by atoms with E-state index in [0.29, 0.717) is 30.4 Å². The summed E-state index contributed by atoms with van der Waals surface area (Å²) in [5, 5.41) is 10.8. The first-order valence-corrected chi connectivity index (χ1v) is 11.3. The van der Waals surface area contributed by atoms with Gasteiger partial charge in [0.2, 0.25) is 0 Å². The molecule has 8 heteroatoms. The number of nitrogens with zero attached hydrogens (tertiary/aromatic N) is 6. The van der Waals surface area contributed by atoms with Crippen LogP contribution in [0.5, 0.6) is 0 Å². The van der Waals surface area contributed by atoms with Crippen LogP contribution in [-0.2, 0) is 6.54 Å². The first kappa shape index (κ1) is 21.5. The Bertz CT molecular complexity index is 1090. The number of hydrogen-bond donors (Lipinski definition) is 2. The average molecular weight is 444 g/mol. The highest BCUT2D eigenvalue weighted by molar-refractivity contribution is 5.64. The molecular formula is C25H29N7O. The van der Waals surface area contributed by atoms with E-state index in [1.807, 2.05) is 4.57 Å². The summed E-state index contributed by atoms with van der Waals surface area (Å²) >= 11 is 0. The maximum absolute atomic E-state index is 10.8. The molecule has 2 aromatic rings. The van der Waals surface area contributed by atoms with Crippen molar-refractivity contribution in [3.63, 3.8) is 0 Å². The van der Waals surface area contributed by atoms with Gasteiger partial charge in [0.1, 0.15) is 12.0 Å². The Morgan fingerprint density at radius 3 is 2.09 bits per heavy atom. The largest absolute Gasteiger partial charge is 0.390 e. The highest BCUT2D eigenvalue weighted by Crippen LogP contribution is 2.29. The number of piperazine rings is 1. The summed E-state index contributed by atoms with van der Waals surface area (Å²) in [7, 11) is 0. The fourth-order valence-electron chi connectivity index (χ4n) is 4.70. The summed E-state index contributed by atoms with van der Waals surface area (Å²) < 4.78 is 1.82. The van der Waals surface area contributed by atoms with E-state index >= 15 is 0 Å². The number of hydrogen-bond acceptors (Lipinski definition) is 7. The maximum atomic E-state index is 10.8. The fraction of sp³-hybridized carbons (Fsp3) is 0.320. The topological polar surface area (TPSA) is 96.3 Å². The monoisotopic (exact) mass is 443 g/mol. The Morgan fingerprint density at radius 1 is 0.818 bits per heavy atom. The molecule has 0 unspecified atom stereocenters. The lowest BCUT2D eigenvalue weighted by Gasteiger charge is -2.40. The van der Waals surface area contributed by atoms with Crippen molar-refractivity contribution in [3.05, 3.63) is 84.4 Å². The van der Waals surface area contributed by atoms with Gasteiger partial charge in [0.25, 0.3) is 0 Å². The molecule has 3 N–H and O–H groups in total. The Hall–Kier alpha value is -3.33. The molecule has 1 fully saturated rings. The van der Waals surface area contributed by atoms with Gasteiger partial charge in [-0.15, -0.1) is 0 Å². The van der Waals surface area contributed by atoms with E-state index in [2.05, 4.69) is 85.4 Å². The summed E-state index contributed by atoms with van der Waals surface area (Å²) in [6.07, 6.45) is 2.56. The van der Waals surface area contributed by atoms with Gasteiger partial charge in [-0.3, -0.25) is 9.80 Å².